The van der Waals surface area contributed by atoms with Gasteiger partial charge < -0.3 is 5.11 Å². The highest BCUT2D eigenvalue weighted by Crippen LogP contribution is 2.26. The third kappa shape index (κ3) is 8.49. The summed E-state index contributed by atoms with van der Waals surface area (Å²) in [6, 6.07) is 5.62. The second kappa shape index (κ2) is 10.4. The minimum Gasteiger partial charge on any atom is -0.481 e. The van der Waals surface area contributed by atoms with E-state index in [1.54, 1.807) is 6.07 Å². The lowest BCUT2D eigenvalue weighted by Crippen LogP contribution is -2.37. The highest BCUT2D eigenvalue weighted by atomic mass is 32.2. The van der Waals surface area contributed by atoms with Crippen molar-refractivity contribution in [2.45, 2.75) is 51.0 Å². The van der Waals surface area contributed by atoms with Crippen LogP contribution >= 0.6 is 0 Å². The Morgan fingerprint density at radius 1 is 1.33 bits per heavy atom. The maximum absolute atomic E-state index is 13.2. The Bertz CT molecular complexity index is 789. The molecule has 1 aliphatic carbocycles. The average molecular weight is 395 g/mol. The fourth-order valence-electron chi connectivity index (χ4n) is 3.22. The minimum absolute atomic E-state index is 0.130. The molecule has 2 N–H and O–H groups in total. The molecule has 0 aliphatic heterocycles. The van der Waals surface area contributed by atoms with Crippen LogP contribution in [0.4, 0.5) is 4.39 Å². The predicted molar refractivity (Wildman–Crippen MR) is 104 cm³/mol. The molecule has 5 nitrogen and oxygen atoms in total. The summed E-state index contributed by atoms with van der Waals surface area (Å²) in [6.45, 7) is 0. The van der Waals surface area contributed by atoms with Crippen molar-refractivity contribution >= 4 is 22.1 Å². The number of hydrogen-bond acceptors (Lipinski definition) is 3. The van der Waals surface area contributed by atoms with Gasteiger partial charge in [-0.3, -0.25) is 4.79 Å². The van der Waals surface area contributed by atoms with Gasteiger partial charge in [-0.15, -0.1) is 0 Å². The number of carboxylic acids is 1. The van der Waals surface area contributed by atoms with E-state index in [2.05, 4.69) is 10.8 Å². The van der Waals surface area contributed by atoms with E-state index in [0.717, 1.165) is 37.5 Å². The first-order valence-corrected chi connectivity index (χ1v) is 10.7. The van der Waals surface area contributed by atoms with Crippen LogP contribution in [0.3, 0.4) is 0 Å². The molecule has 0 bridgehead atoms. The van der Waals surface area contributed by atoms with Crippen LogP contribution in [0.15, 0.2) is 41.8 Å². The van der Waals surface area contributed by atoms with Crippen LogP contribution in [-0.2, 0) is 14.8 Å². The van der Waals surface area contributed by atoms with Crippen LogP contribution in [0.2, 0.25) is 0 Å². The smallest absolute Gasteiger partial charge is 0.303 e. The van der Waals surface area contributed by atoms with E-state index in [-0.39, 0.29) is 12.5 Å². The summed E-state index contributed by atoms with van der Waals surface area (Å²) >= 11 is 0. The van der Waals surface area contributed by atoms with Crippen molar-refractivity contribution in [1.82, 2.24) is 4.72 Å². The van der Waals surface area contributed by atoms with Gasteiger partial charge in [0.05, 0.1) is 0 Å². The number of hydrogen-bond donors (Lipinski definition) is 2. The van der Waals surface area contributed by atoms with Crippen LogP contribution in [0.25, 0.3) is 6.08 Å². The first-order valence-electron chi connectivity index (χ1n) is 9.18. The lowest BCUT2D eigenvalue weighted by atomic mass is 9.86. The SMILES string of the molecule is O=C(O)CCCC=CC1CCCC(NS(=O)(=O)C=Cc2cccc(F)c2)C1. The molecular weight excluding hydrogens is 369 g/mol. The number of allylic oxidation sites excluding steroid dienone is 2. The van der Waals surface area contributed by atoms with E-state index < -0.39 is 21.8 Å². The van der Waals surface area contributed by atoms with E-state index >= 15 is 0 Å². The van der Waals surface area contributed by atoms with Crippen LogP contribution in [0.1, 0.15) is 50.5 Å². The first kappa shape index (κ1) is 21.3. The third-order valence-electron chi connectivity index (χ3n) is 4.50. The topological polar surface area (TPSA) is 83.5 Å². The first-order chi connectivity index (χ1) is 12.8. The van der Waals surface area contributed by atoms with E-state index in [1.807, 2.05) is 6.08 Å². The highest BCUT2D eigenvalue weighted by molar-refractivity contribution is 7.92. The van der Waals surface area contributed by atoms with Crippen LogP contribution < -0.4 is 4.72 Å². The van der Waals surface area contributed by atoms with E-state index in [1.165, 1.54) is 24.3 Å². The Morgan fingerprint density at radius 2 is 2.15 bits per heavy atom. The zero-order valence-electron chi connectivity index (χ0n) is 15.2. The van der Waals surface area contributed by atoms with Gasteiger partial charge in [-0.2, -0.15) is 0 Å². The summed E-state index contributed by atoms with van der Waals surface area (Å²) in [5.74, 6) is -0.905. The molecule has 1 aromatic carbocycles. The van der Waals surface area contributed by atoms with Gasteiger partial charge in [0.25, 0.3) is 0 Å². The van der Waals surface area contributed by atoms with Crippen molar-refractivity contribution in [2.24, 2.45) is 5.92 Å². The number of rotatable bonds is 9. The fraction of sp³-hybridized carbons (Fsp3) is 0.450. The minimum atomic E-state index is -3.60. The molecule has 0 amide bonds. The predicted octanol–water partition coefficient (Wildman–Crippen LogP) is 4.09. The van der Waals surface area contributed by atoms with Gasteiger partial charge in [0.1, 0.15) is 5.82 Å². The molecule has 0 radical (unpaired) electrons. The zero-order valence-corrected chi connectivity index (χ0v) is 16.0. The highest BCUT2D eigenvalue weighted by Gasteiger charge is 2.23. The van der Waals surface area contributed by atoms with Crippen LogP contribution in [0, 0.1) is 11.7 Å². The molecule has 1 saturated carbocycles. The number of carbonyl (C=O) groups is 1. The average Bonchev–Trinajstić information content (AvgIpc) is 2.60. The quantitative estimate of drug-likeness (QED) is 0.487. The monoisotopic (exact) mass is 395 g/mol. The van der Waals surface area contributed by atoms with Crippen molar-refractivity contribution in [3.05, 3.63) is 53.2 Å². The second-order valence-electron chi connectivity index (χ2n) is 6.86. The maximum atomic E-state index is 13.2. The molecule has 0 saturated heterocycles. The van der Waals surface area contributed by atoms with Crippen LogP contribution in [-0.4, -0.2) is 25.5 Å². The molecule has 2 rings (SSSR count). The van der Waals surface area contributed by atoms with E-state index in [0.29, 0.717) is 17.9 Å². The van der Waals surface area contributed by atoms with E-state index in [4.69, 9.17) is 5.11 Å². The molecule has 2 atom stereocenters. The Balaban J connectivity index is 1.84. The molecule has 1 fully saturated rings. The molecule has 0 aromatic heterocycles. The molecule has 1 aliphatic rings. The van der Waals surface area contributed by atoms with Crippen molar-refractivity contribution < 1.29 is 22.7 Å². The number of aliphatic carboxylic acids is 1. The lowest BCUT2D eigenvalue weighted by molar-refractivity contribution is -0.137. The third-order valence-corrected chi connectivity index (χ3v) is 5.66. The molecule has 148 valence electrons. The van der Waals surface area contributed by atoms with Gasteiger partial charge in [-0.25, -0.2) is 17.5 Å². The summed E-state index contributed by atoms with van der Waals surface area (Å²) < 4.78 is 40.4. The Morgan fingerprint density at radius 3 is 2.89 bits per heavy atom. The summed E-state index contributed by atoms with van der Waals surface area (Å²) in [5, 5.41) is 9.70. The largest absolute Gasteiger partial charge is 0.481 e. The molecule has 0 heterocycles. The summed E-state index contributed by atoms with van der Waals surface area (Å²) in [5.41, 5.74) is 0.492. The molecule has 1 aromatic rings. The Kier molecular flexibility index (Phi) is 8.19. The van der Waals surface area contributed by atoms with Gasteiger partial charge in [-0.1, -0.05) is 30.7 Å². The van der Waals surface area contributed by atoms with Gasteiger partial charge in [0.2, 0.25) is 10.0 Å². The molecule has 2 unspecified atom stereocenters. The Labute approximate surface area is 160 Å². The number of benzene rings is 1. The van der Waals surface area contributed by atoms with Gasteiger partial charge in [0, 0.05) is 17.9 Å². The normalized spacial score (nSPS) is 21.1. The number of sulfonamides is 1. The van der Waals surface area contributed by atoms with Crippen molar-refractivity contribution in [3.63, 3.8) is 0 Å². The van der Waals surface area contributed by atoms with Gasteiger partial charge in [0.15, 0.2) is 0 Å². The number of unbranched alkanes of at least 4 members (excludes halogenated alkanes) is 1. The number of nitrogens with one attached hydrogen (secondary N) is 1. The van der Waals surface area contributed by atoms with Crippen molar-refractivity contribution in [3.8, 4) is 0 Å². The molecule has 27 heavy (non-hydrogen) atoms. The summed E-state index contributed by atoms with van der Waals surface area (Å²) in [7, 11) is -3.60. The standard InChI is InChI=1S/C20H26FNO4S/c21-18-9-4-7-17(14-18)12-13-27(25,26)22-19-10-5-8-16(15-19)6-2-1-3-11-20(23)24/h2,4,6-7,9,12-14,16,19,22H,1,3,5,8,10-11,15H2,(H,23,24). The van der Waals surface area contributed by atoms with Gasteiger partial charge >= 0.3 is 5.97 Å². The molecule has 7 heteroatoms. The number of carboxylic acid groups (broad SMARTS) is 1. The second-order valence-corrected chi connectivity index (χ2v) is 8.46. The zero-order chi connectivity index (χ0) is 19.7. The summed E-state index contributed by atoms with van der Waals surface area (Å²) in [6.07, 6.45) is 10.4. The van der Waals surface area contributed by atoms with Crippen molar-refractivity contribution in [2.75, 3.05) is 0 Å². The number of halogens is 1. The van der Waals surface area contributed by atoms with Crippen LogP contribution in [0.5, 0.6) is 0 Å². The lowest BCUT2D eigenvalue weighted by Gasteiger charge is -2.27. The maximum Gasteiger partial charge on any atom is 0.303 e. The fourth-order valence-corrected chi connectivity index (χ4v) is 4.31. The molecule has 0 spiro atoms. The summed E-state index contributed by atoms with van der Waals surface area (Å²) in [4.78, 5) is 10.5. The Hall–Kier alpha value is -1.99. The van der Waals surface area contributed by atoms with Gasteiger partial charge in [-0.05, 0) is 61.8 Å². The molecular formula is C20H26FNO4S. The van der Waals surface area contributed by atoms with Crippen molar-refractivity contribution in [1.29, 1.82) is 0 Å². The van der Waals surface area contributed by atoms with E-state index in [9.17, 15) is 17.6 Å².